The fraction of sp³-hybridized carbons (Fsp3) is 0.219. The van der Waals surface area contributed by atoms with Crippen LogP contribution in [0.3, 0.4) is 0 Å². The molecule has 0 aliphatic carbocycles. The van der Waals surface area contributed by atoms with E-state index < -0.39 is 11.5 Å². The number of aromatic nitrogens is 1. The van der Waals surface area contributed by atoms with E-state index in [0.717, 1.165) is 38.4 Å². The maximum Gasteiger partial charge on any atom is 0.217 e. The standard InChI is InChI=1S/C32H33BN2O2/c1-35(2)19-18-32(36,28-15-9-13-22-10-7-8-14-26(22)28)30(23-11-5-4-6-12-23)27-21-24-20-25(33)16-17-29(24)34-31(27)37-3/h4-17,20-21,30,36H,18-19,33H2,1-3H3. The van der Waals surface area contributed by atoms with Gasteiger partial charge in [-0.2, -0.15) is 0 Å². The van der Waals surface area contributed by atoms with Crippen LogP contribution >= 0.6 is 0 Å². The highest BCUT2D eigenvalue weighted by atomic mass is 16.5. The van der Waals surface area contributed by atoms with Gasteiger partial charge in [-0.3, -0.25) is 0 Å². The van der Waals surface area contributed by atoms with Crippen molar-refractivity contribution in [2.45, 2.75) is 17.9 Å². The van der Waals surface area contributed by atoms with Gasteiger partial charge in [-0.25, -0.2) is 4.98 Å². The summed E-state index contributed by atoms with van der Waals surface area (Å²) in [6.07, 6.45) is 0.530. The van der Waals surface area contributed by atoms with Crippen LogP contribution in [0.25, 0.3) is 21.7 Å². The summed E-state index contributed by atoms with van der Waals surface area (Å²) in [6, 6.07) is 33.1. The fourth-order valence-electron chi connectivity index (χ4n) is 5.45. The van der Waals surface area contributed by atoms with Gasteiger partial charge in [0.25, 0.3) is 0 Å². The number of methoxy groups -OCH3 is 1. The van der Waals surface area contributed by atoms with E-state index in [-0.39, 0.29) is 0 Å². The zero-order chi connectivity index (χ0) is 26.0. The van der Waals surface area contributed by atoms with Gasteiger partial charge < -0.3 is 14.7 Å². The fourth-order valence-corrected chi connectivity index (χ4v) is 5.45. The molecule has 2 atom stereocenters. The smallest absolute Gasteiger partial charge is 0.217 e. The summed E-state index contributed by atoms with van der Waals surface area (Å²) in [5.41, 5.74) is 3.61. The molecule has 0 spiro atoms. The molecule has 0 aliphatic rings. The summed E-state index contributed by atoms with van der Waals surface area (Å²) in [5.74, 6) is 0.125. The lowest BCUT2D eigenvalue weighted by molar-refractivity contribution is 0.00520. The highest BCUT2D eigenvalue weighted by Crippen LogP contribution is 2.48. The average Bonchev–Trinajstić information content (AvgIpc) is 2.92. The Morgan fingerprint density at radius 1 is 0.892 bits per heavy atom. The van der Waals surface area contributed by atoms with Crippen LogP contribution in [0.4, 0.5) is 0 Å². The van der Waals surface area contributed by atoms with Gasteiger partial charge in [-0.05, 0) is 54.5 Å². The zero-order valence-corrected chi connectivity index (χ0v) is 22.0. The molecule has 4 aromatic carbocycles. The first-order valence-electron chi connectivity index (χ1n) is 12.8. The first kappa shape index (κ1) is 25.0. The van der Waals surface area contributed by atoms with E-state index in [0.29, 0.717) is 18.8 Å². The largest absolute Gasteiger partial charge is 0.481 e. The quantitative estimate of drug-likeness (QED) is 0.324. The van der Waals surface area contributed by atoms with Gasteiger partial charge in [-0.1, -0.05) is 90.4 Å². The normalized spacial score (nSPS) is 14.1. The van der Waals surface area contributed by atoms with E-state index >= 15 is 0 Å². The van der Waals surface area contributed by atoms with E-state index in [4.69, 9.17) is 9.72 Å². The minimum Gasteiger partial charge on any atom is -0.481 e. The van der Waals surface area contributed by atoms with Crippen molar-refractivity contribution in [3.05, 3.63) is 114 Å². The van der Waals surface area contributed by atoms with Crippen LogP contribution < -0.4 is 10.2 Å². The minimum atomic E-state index is -1.24. The molecule has 1 aromatic heterocycles. The molecule has 1 N–H and O–H groups in total. The second-order valence-electron chi connectivity index (χ2n) is 10.1. The lowest BCUT2D eigenvalue weighted by Gasteiger charge is -2.39. The van der Waals surface area contributed by atoms with Crippen LogP contribution in [0.1, 0.15) is 29.0 Å². The summed E-state index contributed by atoms with van der Waals surface area (Å²) < 4.78 is 5.90. The molecule has 0 amide bonds. The molecule has 1 heterocycles. The molecule has 5 rings (SSSR count). The maximum atomic E-state index is 13.0. The molecule has 186 valence electrons. The van der Waals surface area contributed by atoms with E-state index in [9.17, 15) is 5.11 Å². The topological polar surface area (TPSA) is 45.6 Å². The Hall–Kier alpha value is -3.67. The van der Waals surface area contributed by atoms with E-state index in [1.165, 1.54) is 5.46 Å². The number of nitrogens with zero attached hydrogens (tertiary/aromatic N) is 2. The number of rotatable bonds is 8. The van der Waals surface area contributed by atoms with Crippen LogP contribution in [0.2, 0.25) is 0 Å². The van der Waals surface area contributed by atoms with Gasteiger partial charge in [0, 0.05) is 23.4 Å². The molecule has 5 aromatic rings. The van der Waals surface area contributed by atoms with Crippen molar-refractivity contribution in [3.63, 3.8) is 0 Å². The number of benzene rings is 4. The van der Waals surface area contributed by atoms with Gasteiger partial charge in [-0.15, -0.1) is 0 Å². The summed E-state index contributed by atoms with van der Waals surface area (Å²) in [4.78, 5) is 7.02. The molecule has 0 fully saturated rings. The van der Waals surface area contributed by atoms with Crippen molar-refractivity contribution in [2.75, 3.05) is 27.7 Å². The van der Waals surface area contributed by atoms with Gasteiger partial charge in [0.05, 0.1) is 12.6 Å². The number of ether oxygens (including phenoxy) is 1. The maximum absolute atomic E-state index is 13.0. The first-order valence-corrected chi connectivity index (χ1v) is 12.8. The van der Waals surface area contributed by atoms with Crippen molar-refractivity contribution in [3.8, 4) is 5.88 Å². The van der Waals surface area contributed by atoms with Crippen LogP contribution in [0, 0.1) is 0 Å². The van der Waals surface area contributed by atoms with Crippen LogP contribution in [0.15, 0.2) is 97.1 Å². The third-order valence-electron chi connectivity index (χ3n) is 7.27. The van der Waals surface area contributed by atoms with Crippen molar-refractivity contribution in [1.29, 1.82) is 0 Å². The Kier molecular flexibility index (Phi) is 7.01. The van der Waals surface area contributed by atoms with Gasteiger partial charge >= 0.3 is 0 Å². The Morgan fingerprint density at radius 3 is 2.38 bits per heavy atom. The summed E-state index contributed by atoms with van der Waals surface area (Å²) in [7, 11) is 7.83. The predicted octanol–water partition coefficient (Wildman–Crippen LogP) is 4.63. The molecule has 5 heteroatoms. The Bertz CT molecular complexity index is 1530. The predicted molar refractivity (Wildman–Crippen MR) is 156 cm³/mol. The zero-order valence-electron chi connectivity index (χ0n) is 22.0. The molecule has 0 bridgehead atoms. The number of hydrogen-bond donors (Lipinski definition) is 1. The third-order valence-corrected chi connectivity index (χ3v) is 7.27. The lowest BCUT2D eigenvalue weighted by Crippen LogP contribution is -2.38. The Labute approximate surface area is 220 Å². The SMILES string of the molecule is Bc1ccc2nc(OC)c(C(c3ccccc3)C(O)(CCN(C)C)c3cccc4ccccc34)cc2c1. The minimum absolute atomic E-state index is 0.410. The van der Waals surface area contributed by atoms with E-state index in [1.54, 1.807) is 7.11 Å². The molecule has 0 saturated heterocycles. The molecular weight excluding hydrogens is 455 g/mol. The first-order chi connectivity index (χ1) is 17.9. The van der Waals surface area contributed by atoms with Crippen LogP contribution in [0.5, 0.6) is 5.88 Å². The van der Waals surface area contributed by atoms with Gasteiger partial charge in [0.15, 0.2) is 0 Å². The number of hydrogen-bond acceptors (Lipinski definition) is 4. The van der Waals surface area contributed by atoms with E-state index in [2.05, 4.69) is 67.3 Å². The summed E-state index contributed by atoms with van der Waals surface area (Å²) in [6.45, 7) is 0.714. The third kappa shape index (κ3) is 4.85. The molecular formula is C32H33BN2O2. The second-order valence-corrected chi connectivity index (χ2v) is 10.1. The van der Waals surface area contributed by atoms with E-state index in [1.807, 2.05) is 56.6 Å². The Balaban J connectivity index is 1.84. The number of fused-ring (bicyclic) bond motifs is 2. The Morgan fingerprint density at radius 2 is 1.62 bits per heavy atom. The number of aliphatic hydroxyl groups is 1. The van der Waals surface area contributed by atoms with Gasteiger partial charge in [0.1, 0.15) is 13.4 Å². The summed E-state index contributed by atoms with van der Waals surface area (Å²) >= 11 is 0. The summed E-state index contributed by atoms with van der Waals surface area (Å²) in [5, 5.41) is 16.2. The van der Waals surface area contributed by atoms with Crippen LogP contribution in [-0.2, 0) is 5.60 Å². The molecule has 37 heavy (non-hydrogen) atoms. The molecule has 2 unspecified atom stereocenters. The monoisotopic (exact) mass is 488 g/mol. The second kappa shape index (κ2) is 10.4. The van der Waals surface area contributed by atoms with Crippen LogP contribution in [-0.4, -0.2) is 50.6 Å². The van der Waals surface area contributed by atoms with Crippen molar-refractivity contribution >= 4 is 35.0 Å². The average molecular weight is 488 g/mol. The van der Waals surface area contributed by atoms with Gasteiger partial charge in [0.2, 0.25) is 5.88 Å². The molecule has 4 nitrogen and oxygen atoms in total. The number of pyridine rings is 1. The highest BCUT2D eigenvalue weighted by Gasteiger charge is 2.43. The molecule has 0 aliphatic heterocycles. The lowest BCUT2D eigenvalue weighted by atomic mass is 9.70. The van der Waals surface area contributed by atoms with Crippen molar-refractivity contribution in [1.82, 2.24) is 9.88 Å². The molecule has 0 radical (unpaired) electrons. The van der Waals surface area contributed by atoms with Crippen molar-refractivity contribution < 1.29 is 9.84 Å². The highest BCUT2D eigenvalue weighted by molar-refractivity contribution is 6.33. The van der Waals surface area contributed by atoms with Crippen molar-refractivity contribution in [2.24, 2.45) is 0 Å². The molecule has 0 saturated carbocycles.